The van der Waals surface area contributed by atoms with Crippen LogP contribution in [0.5, 0.6) is 11.5 Å². The van der Waals surface area contributed by atoms with E-state index in [4.69, 9.17) is 9.47 Å². The van der Waals surface area contributed by atoms with Crippen molar-refractivity contribution in [1.29, 1.82) is 0 Å². The Balaban J connectivity index is 1.66. The summed E-state index contributed by atoms with van der Waals surface area (Å²) in [5, 5.41) is 3.34. The van der Waals surface area contributed by atoms with Crippen molar-refractivity contribution in [3.05, 3.63) is 93.5 Å². The van der Waals surface area contributed by atoms with Crippen LogP contribution in [0.25, 0.3) is 0 Å². The molecule has 0 amide bonds. The fourth-order valence-electron chi connectivity index (χ4n) is 2.82. The zero-order chi connectivity index (χ0) is 20.6. The summed E-state index contributed by atoms with van der Waals surface area (Å²) in [5.41, 5.74) is 2.90. The summed E-state index contributed by atoms with van der Waals surface area (Å²) in [6.45, 7) is 3.98. The highest BCUT2D eigenvalue weighted by Gasteiger charge is 2.13. The van der Waals surface area contributed by atoms with Gasteiger partial charge < -0.3 is 14.8 Å². The molecular formula is C23H22BrF2NO2. The van der Waals surface area contributed by atoms with Crippen LogP contribution in [-0.2, 0) is 19.7 Å². The molecule has 0 aliphatic heterocycles. The number of ether oxygens (including phenoxy) is 2. The molecule has 0 heterocycles. The lowest BCUT2D eigenvalue weighted by Crippen LogP contribution is -2.13. The Morgan fingerprint density at radius 1 is 0.793 bits per heavy atom. The van der Waals surface area contributed by atoms with Gasteiger partial charge >= 0.3 is 0 Å². The Bertz CT molecular complexity index is 931. The summed E-state index contributed by atoms with van der Waals surface area (Å²) in [6, 6.07) is 16.5. The molecule has 3 nitrogen and oxygen atoms in total. The van der Waals surface area contributed by atoms with Gasteiger partial charge in [-0.05, 0) is 75.9 Å². The lowest BCUT2D eigenvalue weighted by Gasteiger charge is -2.16. The van der Waals surface area contributed by atoms with Gasteiger partial charge in [-0.25, -0.2) is 8.78 Å². The number of hydrogen-bond acceptors (Lipinski definition) is 3. The van der Waals surface area contributed by atoms with Crippen LogP contribution in [0.2, 0.25) is 0 Å². The van der Waals surface area contributed by atoms with E-state index in [0.29, 0.717) is 37.8 Å². The predicted octanol–water partition coefficient (Wildman–Crippen LogP) is 5.99. The lowest BCUT2D eigenvalue weighted by atomic mass is 10.1. The number of nitrogens with one attached hydrogen (secondary N) is 1. The minimum Gasteiger partial charge on any atom is -0.490 e. The Morgan fingerprint density at radius 2 is 1.38 bits per heavy atom. The SMILES string of the molecule is CCOc1cc(CNCc2ccc(F)cc2)cc(Br)c1OCc1ccc(F)cc1. The molecule has 0 radical (unpaired) electrons. The van der Waals surface area contributed by atoms with Crippen LogP contribution in [0.15, 0.2) is 65.1 Å². The second-order valence-electron chi connectivity index (χ2n) is 6.48. The number of benzene rings is 3. The largest absolute Gasteiger partial charge is 0.490 e. The van der Waals surface area contributed by atoms with Crippen LogP contribution >= 0.6 is 15.9 Å². The Morgan fingerprint density at radius 3 is 2.00 bits per heavy atom. The van der Waals surface area contributed by atoms with Crippen LogP contribution in [0.3, 0.4) is 0 Å². The molecule has 3 rings (SSSR count). The summed E-state index contributed by atoms with van der Waals surface area (Å²) in [7, 11) is 0. The van der Waals surface area contributed by atoms with Gasteiger partial charge in [0.05, 0.1) is 11.1 Å². The molecule has 0 atom stereocenters. The van der Waals surface area contributed by atoms with Crippen molar-refractivity contribution in [3.63, 3.8) is 0 Å². The quantitative estimate of drug-likeness (QED) is 0.424. The first-order chi connectivity index (χ1) is 14.0. The van der Waals surface area contributed by atoms with Gasteiger partial charge in [-0.2, -0.15) is 0 Å². The highest BCUT2D eigenvalue weighted by molar-refractivity contribution is 9.10. The molecule has 0 saturated heterocycles. The molecule has 3 aromatic carbocycles. The molecule has 3 aromatic rings. The summed E-state index contributed by atoms with van der Waals surface area (Å²) in [5.74, 6) is 0.735. The molecule has 0 spiro atoms. The first kappa shape index (κ1) is 21.3. The average molecular weight is 462 g/mol. The summed E-state index contributed by atoms with van der Waals surface area (Å²) in [4.78, 5) is 0. The maximum atomic E-state index is 13.1. The molecule has 0 saturated carbocycles. The Labute approximate surface area is 177 Å². The van der Waals surface area contributed by atoms with Crippen LogP contribution in [0, 0.1) is 11.6 Å². The van der Waals surface area contributed by atoms with Gasteiger partial charge in [0.25, 0.3) is 0 Å². The standard InChI is InChI=1S/C23H22BrF2NO2/c1-2-28-22-12-18(14-27-13-16-3-7-19(25)8-4-16)11-21(24)23(22)29-15-17-5-9-20(26)10-6-17/h3-12,27H,2,13-15H2,1H3. The van der Waals surface area contributed by atoms with Gasteiger partial charge in [-0.15, -0.1) is 0 Å². The van der Waals surface area contributed by atoms with E-state index in [-0.39, 0.29) is 11.6 Å². The summed E-state index contributed by atoms with van der Waals surface area (Å²) >= 11 is 3.56. The van der Waals surface area contributed by atoms with E-state index in [1.165, 1.54) is 24.3 Å². The minimum absolute atomic E-state index is 0.240. The third-order valence-electron chi connectivity index (χ3n) is 4.24. The monoisotopic (exact) mass is 461 g/mol. The van der Waals surface area contributed by atoms with Crippen molar-refractivity contribution in [2.75, 3.05) is 6.61 Å². The van der Waals surface area contributed by atoms with Gasteiger partial charge in [0.1, 0.15) is 18.2 Å². The van der Waals surface area contributed by atoms with E-state index in [2.05, 4.69) is 21.2 Å². The maximum Gasteiger partial charge on any atom is 0.175 e. The number of halogens is 3. The van der Waals surface area contributed by atoms with Crippen LogP contribution in [0.1, 0.15) is 23.6 Å². The molecule has 29 heavy (non-hydrogen) atoms. The molecule has 0 aliphatic carbocycles. The van der Waals surface area contributed by atoms with E-state index >= 15 is 0 Å². The highest BCUT2D eigenvalue weighted by atomic mass is 79.9. The average Bonchev–Trinajstić information content (AvgIpc) is 2.70. The van der Waals surface area contributed by atoms with Gasteiger partial charge in [0, 0.05) is 13.1 Å². The van der Waals surface area contributed by atoms with E-state index in [1.54, 1.807) is 24.3 Å². The molecule has 6 heteroatoms. The van der Waals surface area contributed by atoms with Gasteiger partial charge in [-0.1, -0.05) is 24.3 Å². The molecule has 0 bridgehead atoms. The van der Waals surface area contributed by atoms with E-state index in [0.717, 1.165) is 21.2 Å². The van der Waals surface area contributed by atoms with Crippen molar-refractivity contribution in [3.8, 4) is 11.5 Å². The summed E-state index contributed by atoms with van der Waals surface area (Å²) in [6.07, 6.45) is 0. The van der Waals surface area contributed by atoms with E-state index in [1.807, 2.05) is 19.1 Å². The van der Waals surface area contributed by atoms with Gasteiger partial charge in [0.2, 0.25) is 0 Å². The highest BCUT2D eigenvalue weighted by Crippen LogP contribution is 2.37. The number of hydrogen-bond donors (Lipinski definition) is 1. The first-order valence-corrected chi connectivity index (χ1v) is 10.1. The fourth-order valence-corrected chi connectivity index (χ4v) is 3.42. The Kier molecular flexibility index (Phi) is 7.61. The van der Waals surface area contributed by atoms with E-state index in [9.17, 15) is 8.78 Å². The predicted molar refractivity (Wildman–Crippen MR) is 113 cm³/mol. The van der Waals surface area contributed by atoms with E-state index < -0.39 is 0 Å². The van der Waals surface area contributed by atoms with Crippen LogP contribution in [-0.4, -0.2) is 6.61 Å². The second-order valence-corrected chi connectivity index (χ2v) is 7.34. The molecule has 0 unspecified atom stereocenters. The second kappa shape index (κ2) is 10.4. The normalized spacial score (nSPS) is 10.8. The third kappa shape index (κ3) is 6.27. The zero-order valence-corrected chi connectivity index (χ0v) is 17.6. The molecule has 1 N–H and O–H groups in total. The molecule has 0 aliphatic rings. The van der Waals surface area contributed by atoms with Crippen molar-refractivity contribution >= 4 is 15.9 Å². The van der Waals surface area contributed by atoms with Gasteiger partial charge in [0.15, 0.2) is 11.5 Å². The van der Waals surface area contributed by atoms with Crippen molar-refractivity contribution < 1.29 is 18.3 Å². The lowest BCUT2D eigenvalue weighted by molar-refractivity contribution is 0.267. The third-order valence-corrected chi connectivity index (χ3v) is 4.83. The molecular weight excluding hydrogens is 440 g/mol. The maximum absolute atomic E-state index is 13.1. The first-order valence-electron chi connectivity index (χ1n) is 9.32. The van der Waals surface area contributed by atoms with Crippen LogP contribution < -0.4 is 14.8 Å². The number of rotatable bonds is 9. The molecule has 152 valence electrons. The van der Waals surface area contributed by atoms with Crippen molar-refractivity contribution in [2.45, 2.75) is 26.6 Å². The minimum atomic E-state index is -0.276. The topological polar surface area (TPSA) is 30.5 Å². The van der Waals surface area contributed by atoms with Crippen molar-refractivity contribution in [1.82, 2.24) is 5.32 Å². The summed E-state index contributed by atoms with van der Waals surface area (Å²) < 4.78 is 38.5. The fraction of sp³-hybridized carbons (Fsp3) is 0.217. The van der Waals surface area contributed by atoms with Gasteiger partial charge in [-0.3, -0.25) is 0 Å². The Hall–Kier alpha value is -2.44. The molecule has 0 fully saturated rings. The van der Waals surface area contributed by atoms with Crippen LogP contribution in [0.4, 0.5) is 8.78 Å². The van der Waals surface area contributed by atoms with Crippen molar-refractivity contribution in [2.24, 2.45) is 0 Å². The smallest absolute Gasteiger partial charge is 0.175 e. The molecule has 0 aromatic heterocycles. The zero-order valence-electron chi connectivity index (χ0n) is 16.1.